The molecule has 0 N–H and O–H groups in total. The third-order valence-corrected chi connectivity index (χ3v) is 3.34. The summed E-state index contributed by atoms with van der Waals surface area (Å²) < 4.78 is 0. The molecular formula is C10H12O3. The van der Waals surface area contributed by atoms with Crippen molar-refractivity contribution in [1.82, 2.24) is 0 Å². The molecule has 70 valence electrons. The van der Waals surface area contributed by atoms with Crippen molar-refractivity contribution in [1.29, 1.82) is 0 Å². The molecule has 0 atom stereocenters. The Morgan fingerprint density at radius 3 is 2.00 bits per heavy atom. The van der Waals surface area contributed by atoms with E-state index in [0.29, 0.717) is 19.1 Å². The quantitative estimate of drug-likeness (QED) is 0.445. The molecule has 3 nitrogen and oxygen atoms in total. The number of hydrogen-bond acceptors (Lipinski definition) is 3. The summed E-state index contributed by atoms with van der Waals surface area (Å²) >= 11 is 0. The average Bonchev–Trinajstić information content (AvgIpc) is 2.01. The summed E-state index contributed by atoms with van der Waals surface area (Å²) in [6.45, 7) is 0. The zero-order chi connectivity index (χ0) is 9.47. The highest BCUT2D eigenvalue weighted by Gasteiger charge is 2.47. The molecule has 0 aromatic rings. The molecular weight excluding hydrogens is 168 g/mol. The molecule has 2 aliphatic rings. The lowest BCUT2D eigenvalue weighted by atomic mass is 9.58. The van der Waals surface area contributed by atoms with Gasteiger partial charge in [-0.05, 0) is 18.3 Å². The lowest BCUT2D eigenvalue weighted by Crippen LogP contribution is -2.44. The summed E-state index contributed by atoms with van der Waals surface area (Å²) in [5.41, 5.74) is -0.0341. The third kappa shape index (κ3) is 1.23. The van der Waals surface area contributed by atoms with Gasteiger partial charge in [-0.2, -0.15) is 0 Å². The van der Waals surface area contributed by atoms with Crippen molar-refractivity contribution >= 4 is 17.9 Å². The van der Waals surface area contributed by atoms with E-state index in [1.807, 2.05) is 0 Å². The molecule has 0 amide bonds. The van der Waals surface area contributed by atoms with Crippen LogP contribution in [0.4, 0.5) is 0 Å². The van der Waals surface area contributed by atoms with Gasteiger partial charge in [-0.15, -0.1) is 0 Å². The van der Waals surface area contributed by atoms with Crippen molar-refractivity contribution in [2.45, 2.75) is 32.1 Å². The Labute approximate surface area is 76.5 Å². The minimum atomic E-state index is -0.939. The van der Waals surface area contributed by atoms with Crippen molar-refractivity contribution in [2.24, 2.45) is 11.3 Å². The molecule has 13 heavy (non-hydrogen) atoms. The Morgan fingerprint density at radius 1 is 1.15 bits per heavy atom. The van der Waals surface area contributed by atoms with E-state index in [1.165, 1.54) is 0 Å². The first kappa shape index (κ1) is 8.60. The van der Waals surface area contributed by atoms with Crippen LogP contribution in [0, 0.1) is 11.3 Å². The molecule has 0 aliphatic heterocycles. The highest BCUT2D eigenvalue weighted by Crippen LogP contribution is 2.50. The van der Waals surface area contributed by atoms with Gasteiger partial charge in [-0.1, -0.05) is 6.42 Å². The Balaban J connectivity index is 2.16. The van der Waals surface area contributed by atoms with Crippen molar-refractivity contribution in [3.63, 3.8) is 0 Å². The summed E-state index contributed by atoms with van der Waals surface area (Å²) in [6.07, 6.45) is 4.47. The van der Waals surface area contributed by atoms with Gasteiger partial charge < -0.3 is 4.79 Å². The predicted octanol–water partition coefficient (Wildman–Crippen LogP) is 0.904. The summed E-state index contributed by atoms with van der Waals surface area (Å²) in [4.78, 5) is 33.2. The minimum Gasteiger partial charge on any atom is -0.302 e. The Kier molecular flexibility index (Phi) is 1.82. The molecule has 0 saturated heterocycles. The first-order valence-corrected chi connectivity index (χ1v) is 4.68. The molecule has 1 spiro atoms. The van der Waals surface area contributed by atoms with E-state index in [1.54, 1.807) is 0 Å². The maximum absolute atomic E-state index is 11.4. The SMILES string of the molecule is O=CC1C(=O)CC2(CCC2)CC1=O. The molecule has 2 rings (SSSR count). The van der Waals surface area contributed by atoms with Crippen LogP contribution in [-0.2, 0) is 14.4 Å². The van der Waals surface area contributed by atoms with E-state index >= 15 is 0 Å². The highest BCUT2D eigenvalue weighted by molar-refractivity contribution is 6.15. The second-order valence-electron chi connectivity index (χ2n) is 4.25. The van der Waals surface area contributed by atoms with Crippen LogP contribution in [0.3, 0.4) is 0 Å². The molecule has 0 aromatic heterocycles. The fourth-order valence-electron chi connectivity index (χ4n) is 2.38. The number of ketones is 2. The Bertz CT molecular complexity index is 256. The fourth-order valence-corrected chi connectivity index (χ4v) is 2.38. The third-order valence-electron chi connectivity index (χ3n) is 3.34. The van der Waals surface area contributed by atoms with E-state index in [9.17, 15) is 14.4 Å². The van der Waals surface area contributed by atoms with Crippen molar-refractivity contribution in [2.75, 3.05) is 0 Å². The fraction of sp³-hybridized carbons (Fsp3) is 0.700. The zero-order valence-corrected chi connectivity index (χ0v) is 7.41. The Hall–Kier alpha value is -0.990. The van der Waals surface area contributed by atoms with Crippen molar-refractivity contribution in [3.05, 3.63) is 0 Å². The standard InChI is InChI=1S/C10H12O3/c11-6-7-8(12)4-10(2-1-3-10)5-9(7)13/h6-7H,1-5H2. The molecule has 2 fully saturated rings. The molecule has 0 heterocycles. The molecule has 0 aromatic carbocycles. The molecule has 0 bridgehead atoms. The second-order valence-corrected chi connectivity index (χ2v) is 4.25. The largest absolute Gasteiger partial charge is 0.302 e. The molecule has 2 saturated carbocycles. The van der Waals surface area contributed by atoms with Crippen LogP contribution >= 0.6 is 0 Å². The van der Waals surface area contributed by atoms with Gasteiger partial charge in [0.05, 0.1) is 0 Å². The predicted molar refractivity (Wildman–Crippen MR) is 45.1 cm³/mol. The van der Waals surface area contributed by atoms with Crippen LogP contribution in [0.2, 0.25) is 0 Å². The van der Waals surface area contributed by atoms with Crippen LogP contribution in [0.25, 0.3) is 0 Å². The van der Waals surface area contributed by atoms with Gasteiger partial charge in [0.1, 0.15) is 12.2 Å². The first-order chi connectivity index (χ1) is 6.17. The lowest BCUT2D eigenvalue weighted by molar-refractivity contribution is -0.145. The zero-order valence-electron chi connectivity index (χ0n) is 7.41. The van der Waals surface area contributed by atoms with Gasteiger partial charge in [0.2, 0.25) is 0 Å². The second kappa shape index (κ2) is 2.76. The van der Waals surface area contributed by atoms with Gasteiger partial charge in [0, 0.05) is 12.8 Å². The van der Waals surface area contributed by atoms with Crippen LogP contribution in [0.15, 0.2) is 0 Å². The van der Waals surface area contributed by atoms with E-state index in [4.69, 9.17) is 0 Å². The smallest absolute Gasteiger partial charge is 0.151 e. The summed E-state index contributed by atoms with van der Waals surface area (Å²) in [7, 11) is 0. The normalized spacial score (nSPS) is 27.4. The van der Waals surface area contributed by atoms with Crippen molar-refractivity contribution < 1.29 is 14.4 Å². The summed E-state index contributed by atoms with van der Waals surface area (Å²) in [5.74, 6) is -1.26. The van der Waals surface area contributed by atoms with E-state index in [-0.39, 0.29) is 17.0 Å². The number of hydrogen-bond donors (Lipinski definition) is 0. The van der Waals surface area contributed by atoms with Crippen LogP contribution < -0.4 is 0 Å². The van der Waals surface area contributed by atoms with Crippen LogP contribution in [0.1, 0.15) is 32.1 Å². The van der Waals surface area contributed by atoms with Crippen molar-refractivity contribution in [3.8, 4) is 0 Å². The number of aldehydes is 1. The van der Waals surface area contributed by atoms with Gasteiger partial charge >= 0.3 is 0 Å². The molecule has 0 unspecified atom stereocenters. The van der Waals surface area contributed by atoms with E-state index < -0.39 is 5.92 Å². The van der Waals surface area contributed by atoms with Gasteiger partial charge in [-0.3, -0.25) is 9.59 Å². The molecule has 2 aliphatic carbocycles. The maximum Gasteiger partial charge on any atom is 0.151 e. The van der Waals surface area contributed by atoms with Crippen LogP contribution in [0.5, 0.6) is 0 Å². The first-order valence-electron chi connectivity index (χ1n) is 4.68. The van der Waals surface area contributed by atoms with Gasteiger partial charge in [0.15, 0.2) is 11.6 Å². The Morgan fingerprint density at radius 2 is 1.69 bits per heavy atom. The topological polar surface area (TPSA) is 51.2 Å². The molecule has 0 radical (unpaired) electrons. The number of Topliss-reactive ketones (excluding diaryl/α,β-unsaturated/α-hetero) is 2. The maximum atomic E-state index is 11.4. The van der Waals surface area contributed by atoms with Gasteiger partial charge in [-0.25, -0.2) is 0 Å². The highest BCUT2D eigenvalue weighted by atomic mass is 16.2. The van der Waals surface area contributed by atoms with Gasteiger partial charge in [0.25, 0.3) is 0 Å². The minimum absolute atomic E-state index is 0.0341. The lowest BCUT2D eigenvalue weighted by Gasteiger charge is -2.44. The summed E-state index contributed by atoms with van der Waals surface area (Å²) in [6, 6.07) is 0. The van der Waals surface area contributed by atoms with E-state index in [0.717, 1.165) is 19.3 Å². The summed E-state index contributed by atoms with van der Waals surface area (Å²) in [5, 5.41) is 0. The number of carbonyl (C=O) groups is 3. The number of carbonyl (C=O) groups excluding carboxylic acids is 3. The monoisotopic (exact) mass is 180 g/mol. The van der Waals surface area contributed by atoms with E-state index in [2.05, 4.69) is 0 Å². The van der Waals surface area contributed by atoms with Crippen LogP contribution in [-0.4, -0.2) is 17.9 Å². The average molecular weight is 180 g/mol. The molecule has 3 heteroatoms. The number of rotatable bonds is 1.